The zero-order valence-corrected chi connectivity index (χ0v) is 20.0. The molecule has 10 heteroatoms. The highest BCUT2D eigenvalue weighted by Gasteiger charge is 2.25. The topological polar surface area (TPSA) is 131 Å². The van der Waals surface area contributed by atoms with E-state index in [1.165, 1.54) is 44.6 Å². The minimum absolute atomic E-state index is 0.0464. The lowest BCUT2D eigenvalue weighted by Crippen LogP contribution is -2.19. The number of sulfonamides is 1. The lowest BCUT2D eigenvalue weighted by Gasteiger charge is -2.17. The molecule has 3 N–H and O–H groups in total. The molecule has 0 aliphatic heterocycles. The van der Waals surface area contributed by atoms with Crippen molar-refractivity contribution in [3.05, 3.63) is 83.4 Å². The Balaban J connectivity index is 2.01. The quantitative estimate of drug-likeness (QED) is 0.379. The van der Waals surface area contributed by atoms with Crippen molar-refractivity contribution < 1.29 is 32.6 Å². The smallest absolute Gasteiger partial charge is 0.328 e. The lowest BCUT2D eigenvalue weighted by molar-refractivity contribution is -0.131. The molecule has 3 aromatic carbocycles. The zero-order chi connectivity index (χ0) is 25.6. The molecule has 0 bridgehead atoms. The number of carboxylic acids is 1. The summed E-state index contributed by atoms with van der Waals surface area (Å²) in [5.41, 5.74) is 1.93. The molecule has 0 saturated carbocycles. The van der Waals surface area contributed by atoms with Crippen LogP contribution in [0, 0.1) is 6.92 Å². The molecule has 0 fully saturated rings. The number of para-hydroxylation sites is 1. The molecule has 0 heterocycles. The number of methoxy groups -OCH3 is 2. The molecular weight excluding hydrogens is 472 g/mol. The first-order valence-corrected chi connectivity index (χ1v) is 11.8. The number of carbonyl (C=O) groups is 2. The van der Waals surface area contributed by atoms with Crippen molar-refractivity contribution in [2.24, 2.45) is 0 Å². The number of aliphatic carboxylic acids is 1. The predicted molar refractivity (Wildman–Crippen MR) is 133 cm³/mol. The fourth-order valence-corrected chi connectivity index (χ4v) is 4.60. The van der Waals surface area contributed by atoms with Crippen molar-refractivity contribution in [3.8, 4) is 11.5 Å². The van der Waals surface area contributed by atoms with E-state index in [2.05, 4.69) is 10.0 Å². The summed E-state index contributed by atoms with van der Waals surface area (Å²) in [6.07, 6.45) is 2.10. The summed E-state index contributed by atoms with van der Waals surface area (Å²) < 4.78 is 39.8. The molecular formula is C25H24N2O7S. The number of hydrogen-bond donors (Lipinski definition) is 3. The molecule has 0 aliphatic carbocycles. The molecule has 0 atom stereocenters. The number of ether oxygens (including phenoxy) is 2. The molecule has 9 nitrogen and oxygen atoms in total. The van der Waals surface area contributed by atoms with Gasteiger partial charge < -0.3 is 19.9 Å². The number of hydrogen-bond acceptors (Lipinski definition) is 6. The van der Waals surface area contributed by atoms with E-state index in [0.29, 0.717) is 5.69 Å². The van der Waals surface area contributed by atoms with Gasteiger partial charge in [0.1, 0.15) is 4.90 Å². The number of aryl methyl sites for hydroxylation is 1. The van der Waals surface area contributed by atoms with Gasteiger partial charge in [0.15, 0.2) is 11.5 Å². The van der Waals surface area contributed by atoms with E-state index in [-0.39, 0.29) is 33.2 Å². The highest BCUT2D eigenvalue weighted by molar-refractivity contribution is 7.92. The summed E-state index contributed by atoms with van der Waals surface area (Å²) in [4.78, 5) is 23.6. The van der Waals surface area contributed by atoms with E-state index < -0.39 is 21.9 Å². The van der Waals surface area contributed by atoms with Gasteiger partial charge in [-0.05, 0) is 60.5 Å². The van der Waals surface area contributed by atoms with Crippen LogP contribution < -0.4 is 19.5 Å². The fourth-order valence-electron chi connectivity index (χ4n) is 3.30. The summed E-state index contributed by atoms with van der Waals surface area (Å²) in [5, 5.41) is 11.7. The van der Waals surface area contributed by atoms with Crippen LogP contribution in [-0.2, 0) is 14.8 Å². The Morgan fingerprint density at radius 2 is 1.71 bits per heavy atom. The van der Waals surface area contributed by atoms with Crippen LogP contribution in [0.2, 0.25) is 0 Å². The molecule has 3 rings (SSSR count). The molecule has 182 valence electrons. The summed E-state index contributed by atoms with van der Waals surface area (Å²) in [7, 11) is -1.69. The van der Waals surface area contributed by atoms with E-state index in [4.69, 9.17) is 14.6 Å². The van der Waals surface area contributed by atoms with Crippen molar-refractivity contribution in [3.63, 3.8) is 0 Å². The maximum atomic E-state index is 13.4. The van der Waals surface area contributed by atoms with Crippen molar-refractivity contribution in [1.29, 1.82) is 0 Å². The monoisotopic (exact) mass is 496 g/mol. The Kier molecular flexibility index (Phi) is 7.77. The van der Waals surface area contributed by atoms with E-state index in [1.807, 2.05) is 13.0 Å². The third-order valence-electron chi connectivity index (χ3n) is 4.87. The summed E-state index contributed by atoms with van der Waals surface area (Å²) in [6.45, 7) is 1.89. The highest BCUT2D eigenvalue weighted by atomic mass is 32.2. The minimum Gasteiger partial charge on any atom is -0.493 e. The van der Waals surface area contributed by atoms with Gasteiger partial charge >= 0.3 is 5.97 Å². The standard InChI is InChI=1S/C25H24N2O7S/c1-16-7-6-8-18(13-16)26-25(30)19-9-4-5-10-20(19)27-35(31,32)22-15-17(11-12-23(28)29)14-21(33-2)24(22)34-3/h4-15,27H,1-3H3,(H,26,30)(H,28,29)/b12-11+. The van der Waals surface area contributed by atoms with Crippen molar-refractivity contribution in [2.45, 2.75) is 11.8 Å². The molecule has 0 unspecified atom stereocenters. The highest BCUT2D eigenvalue weighted by Crippen LogP contribution is 2.37. The second-order valence-electron chi connectivity index (χ2n) is 7.40. The van der Waals surface area contributed by atoms with Gasteiger partial charge in [-0.3, -0.25) is 9.52 Å². The maximum Gasteiger partial charge on any atom is 0.328 e. The molecule has 0 saturated heterocycles. The van der Waals surface area contributed by atoms with Gasteiger partial charge in [0.25, 0.3) is 15.9 Å². The maximum absolute atomic E-state index is 13.4. The average molecular weight is 497 g/mol. The second-order valence-corrected chi connectivity index (χ2v) is 9.05. The zero-order valence-electron chi connectivity index (χ0n) is 19.2. The molecule has 3 aromatic rings. The minimum atomic E-state index is -4.30. The van der Waals surface area contributed by atoms with Crippen LogP contribution in [0.5, 0.6) is 11.5 Å². The van der Waals surface area contributed by atoms with Gasteiger partial charge in [0, 0.05) is 11.8 Å². The Hall–Kier alpha value is -4.31. The number of carboxylic acid groups (broad SMARTS) is 1. The van der Waals surface area contributed by atoms with Crippen molar-refractivity contribution >= 4 is 39.4 Å². The fraction of sp³-hybridized carbons (Fsp3) is 0.120. The van der Waals surface area contributed by atoms with E-state index in [0.717, 1.165) is 11.6 Å². The SMILES string of the molecule is COc1cc(/C=C/C(=O)O)cc(S(=O)(=O)Nc2ccccc2C(=O)Nc2cccc(C)c2)c1OC. The normalized spacial score (nSPS) is 11.2. The Morgan fingerprint density at radius 3 is 2.37 bits per heavy atom. The molecule has 0 spiro atoms. The summed E-state index contributed by atoms with van der Waals surface area (Å²) in [6, 6.07) is 16.1. The van der Waals surface area contributed by atoms with E-state index in [1.54, 1.807) is 30.3 Å². The molecule has 35 heavy (non-hydrogen) atoms. The number of carbonyl (C=O) groups excluding carboxylic acids is 1. The first-order chi connectivity index (χ1) is 16.6. The van der Waals surface area contributed by atoms with Gasteiger partial charge in [-0.15, -0.1) is 0 Å². The van der Waals surface area contributed by atoms with Gasteiger partial charge in [0.2, 0.25) is 0 Å². The van der Waals surface area contributed by atoms with Crippen LogP contribution in [0.25, 0.3) is 6.08 Å². The van der Waals surface area contributed by atoms with Crippen molar-refractivity contribution in [1.82, 2.24) is 0 Å². The van der Waals surface area contributed by atoms with Gasteiger partial charge in [-0.1, -0.05) is 24.3 Å². The third kappa shape index (κ3) is 6.18. The first kappa shape index (κ1) is 25.3. The third-order valence-corrected chi connectivity index (χ3v) is 6.24. The Bertz CT molecular complexity index is 1400. The van der Waals surface area contributed by atoms with Crippen LogP contribution >= 0.6 is 0 Å². The molecule has 0 aromatic heterocycles. The number of benzene rings is 3. The van der Waals surface area contributed by atoms with Crippen LogP contribution in [0.4, 0.5) is 11.4 Å². The summed E-state index contributed by atoms with van der Waals surface area (Å²) in [5.74, 6) is -1.69. The molecule has 0 aliphatic rings. The Labute approximate surface area is 203 Å². The van der Waals surface area contributed by atoms with Crippen LogP contribution in [-0.4, -0.2) is 39.6 Å². The Morgan fingerprint density at radius 1 is 0.971 bits per heavy atom. The number of amides is 1. The number of anilines is 2. The van der Waals surface area contributed by atoms with Crippen LogP contribution in [0.15, 0.2) is 71.6 Å². The number of rotatable bonds is 9. The van der Waals surface area contributed by atoms with Gasteiger partial charge in [-0.2, -0.15) is 0 Å². The lowest BCUT2D eigenvalue weighted by atomic mass is 10.1. The van der Waals surface area contributed by atoms with Crippen molar-refractivity contribution in [2.75, 3.05) is 24.3 Å². The van der Waals surface area contributed by atoms with Crippen LogP contribution in [0.3, 0.4) is 0 Å². The molecule has 1 amide bonds. The summed E-state index contributed by atoms with van der Waals surface area (Å²) >= 11 is 0. The first-order valence-electron chi connectivity index (χ1n) is 10.3. The van der Waals surface area contributed by atoms with Crippen LogP contribution in [0.1, 0.15) is 21.5 Å². The average Bonchev–Trinajstić information content (AvgIpc) is 2.82. The number of nitrogens with one attached hydrogen (secondary N) is 2. The van der Waals surface area contributed by atoms with E-state index >= 15 is 0 Å². The predicted octanol–water partition coefficient (Wildman–Crippen LogP) is 4.16. The van der Waals surface area contributed by atoms with E-state index in [9.17, 15) is 18.0 Å². The largest absolute Gasteiger partial charge is 0.493 e. The van der Waals surface area contributed by atoms with Gasteiger partial charge in [0.05, 0.1) is 25.5 Å². The second kappa shape index (κ2) is 10.7. The van der Waals surface area contributed by atoms with Gasteiger partial charge in [-0.25, -0.2) is 13.2 Å². The molecule has 0 radical (unpaired) electrons.